The number of hydrogen-bond acceptors (Lipinski definition) is 2. The maximum atomic E-state index is 13.4. The smallest absolute Gasteiger partial charge is 0.211 e. The Morgan fingerprint density at radius 3 is 2.53 bits per heavy atom. The van der Waals surface area contributed by atoms with Crippen molar-refractivity contribution in [1.82, 2.24) is 4.72 Å². The molecule has 0 radical (unpaired) electrons. The van der Waals surface area contributed by atoms with Crippen LogP contribution in [0.2, 0.25) is 0 Å². The summed E-state index contributed by atoms with van der Waals surface area (Å²) in [5.41, 5.74) is 0. The van der Waals surface area contributed by atoms with Crippen molar-refractivity contribution in [3.05, 3.63) is 28.2 Å². The molecular weight excluding hydrogens is 316 g/mol. The molecule has 0 aliphatic carbocycles. The third-order valence-electron chi connectivity index (χ3n) is 2.05. The van der Waals surface area contributed by atoms with Gasteiger partial charge in [-0.3, -0.25) is 0 Å². The number of benzene rings is 1. The molecule has 0 atom stereocenters. The van der Waals surface area contributed by atoms with Gasteiger partial charge in [0.1, 0.15) is 16.5 Å². The molecule has 3 nitrogen and oxygen atoms in total. The van der Waals surface area contributed by atoms with Gasteiger partial charge in [-0.1, -0.05) is 13.3 Å². The molecule has 1 rings (SSSR count). The first-order valence-electron chi connectivity index (χ1n) is 5.02. The van der Waals surface area contributed by atoms with E-state index in [4.69, 9.17) is 0 Å². The summed E-state index contributed by atoms with van der Waals surface area (Å²) in [5.74, 6) is -1.94. The van der Waals surface area contributed by atoms with Crippen LogP contribution in [0.15, 0.2) is 21.5 Å². The van der Waals surface area contributed by atoms with E-state index in [1.165, 1.54) is 0 Å². The van der Waals surface area contributed by atoms with E-state index >= 15 is 0 Å². The van der Waals surface area contributed by atoms with Crippen molar-refractivity contribution in [3.8, 4) is 0 Å². The predicted octanol–water partition coefficient (Wildman–Crippen LogP) is 2.81. The first-order valence-corrected chi connectivity index (χ1v) is 7.30. The van der Waals surface area contributed by atoms with E-state index in [2.05, 4.69) is 20.7 Å². The van der Waals surface area contributed by atoms with E-state index in [0.717, 1.165) is 12.5 Å². The average Bonchev–Trinajstić information content (AvgIpc) is 2.15. The Hall–Kier alpha value is -0.530. The van der Waals surface area contributed by atoms with E-state index < -0.39 is 26.6 Å². The van der Waals surface area contributed by atoms with Crippen LogP contribution in [0.3, 0.4) is 0 Å². The largest absolute Gasteiger partial charge is 0.244 e. The van der Waals surface area contributed by atoms with E-state index in [1.807, 2.05) is 6.92 Å². The predicted molar refractivity (Wildman–Crippen MR) is 64.2 cm³/mol. The molecular formula is C10H12BrF2NO2S. The van der Waals surface area contributed by atoms with Gasteiger partial charge in [0, 0.05) is 17.1 Å². The maximum absolute atomic E-state index is 13.4. The van der Waals surface area contributed by atoms with Crippen LogP contribution in [0.1, 0.15) is 19.8 Å². The number of sulfonamides is 1. The van der Waals surface area contributed by atoms with Crippen molar-refractivity contribution in [3.63, 3.8) is 0 Å². The zero-order valence-electron chi connectivity index (χ0n) is 9.13. The monoisotopic (exact) mass is 327 g/mol. The summed E-state index contributed by atoms with van der Waals surface area (Å²) in [6.45, 7) is 2.13. The van der Waals surface area contributed by atoms with Gasteiger partial charge in [-0.15, -0.1) is 0 Å². The summed E-state index contributed by atoms with van der Waals surface area (Å²) in [4.78, 5) is -0.560. The average molecular weight is 328 g/mol. The van der Waals surface area contributed by atoms with Gasteiger partial charge in [-0.05, 0) is 28.4 Å². The van der Waals surface area contributed by atoms with Gasteiger partial charge >= 0.3 is 0 Å². The number of rotatable bonds is 5. The molecule has 1 aromatic rings. The van der Waals surface area contributed by atoms with Crippen LogP contribution < -0.4 is 4.72 Å². The summed E-state index contributed by atoms with van der Waals surface area (Å²) in [5, 5.41) is 0. The topological polar surface area (TPSA) is 46.2 Å². The molecule has 0 aromatic heterocycles. The van der Waals surface area contributed by atoms with E-state index in [9.17, 15) is 17.2 Å². The molecule has 0 amide bonds. The number of halogens is 3. The molecule has 0 aliphatic heterocycles. The van der Waals surface area contributed by atoms with Crippen molar-refractivity contribution >= 4 is 26.0 Å². The molecule has 0 fully saturated rings. The lowest BCUT2D eigenvalue weighted by Crippen LogP contribution is -2.26. The molecule has 1 N–H and O–H groups in total. The van der Waals surface area contributed by atoms with E-state index in [0.29, 0.717) is 12.5 Å². The van der Waals surface area contributed by atoms with Crippen molar-refractivity contribution in [2.45, 2.75) is 24.7 Å². The molecule has 0 aliphatic rings. The molecule has 96 valence electrons. The van der Waals surface area contributed by atoms with Gasteiger partial charge in [0.25, 0.3) is 0 Å². The minimum atomic E-state index is -3.95. The number of unbranched alkanes of at least 4 members (excludes halogenated alkanes) is 1. The second kappa shape index (κ2) is 5.88. The van der Waals surface area contributed by atoms with Crippen LogP contribution in [-0.4, -0.2) is 15.0 Å². The minimum Gasteiger partial charge on any atom is -0.211 e. The fourth-order valence-corrected chi connectivity index (χ4v) is 3.48. The molecule has 1 aromatic carbocycles. The first kappa shape index (κ1) is 14.5. The SMILES string of the molecule is CCCCNS(=O)(=O)c1c(F)cc(F)cc1Br. The van der Waals surface area contributed by atoms with Gasteiger partial charge in [0.15, 0.2) is 0 Å². The molecule has 0 unspecified atom stereocenters. The van der Waals surface area contributed by atoms with E-state index in [1.54, 1.807) is 0 Å². The molecule has 0 bridgehead atoms. The van der Waals surface area contributed by atoms with Crippen LogP contribution in [0, 0.1) is 11.6 Å². The van der Waals surface area contributed by atoms with Crippen LogP contribution in [0.5, 0.6) is 0 Å². The molecule has 0 spiro atoms. The Morgan fingerprint density at radius 1 is 1.35 bits per heavy atom. The summed E-state index contributed by atoms with van der Waals surface area (Å²) >= 11 is 2.84. The molecule has 0 saturated heterocycles. The Balaban J connectivity index is 3.07. The van der Waals surface area contributed by atoms with Crippen LogP contribution in [0.25, 0.3) is 0 Å². The summed E-state index contributed by atoms with van der Waals surface area (Å²) in [6.07, 6.45) is 1.47. The summed E-state index contributed by atoms with van der Waals surface area (Å²) in [6, 6.07) is 1.45. The number of nitrogens with one attached hydrogen (secondary N) is 1. The number of hydrogen-bond donors (Lipinski definition) is 1. The second-order valence-corrected chi connectivity index (χ2v) is 6.01. The quantitative estimate of drug-likeness (QED) is 0.845. The minimum absolute atomic E-state index is 0.126. The van der Waals surface area contributed by atoms with Gasteiger partial charge in [-0.25, -0.2) is 21.9 Å². The Kier molecular flexibility index (Phi) is 5.03. The summed E-state index contributed by atoms with van der Waals surface area (Å²) < 4.78 is 51.9. The van der Waals surface area contributed by atoms with Crippen LogP contribution >= 0.6 is 15.9 Å². The second-order valence-electron chi connectivity index (χ2n) is 3.45. The highest BCUT2D eigenvalue weighted by molar-refractivity contribution is 9.10. The third-order valence-corrected chi connectivity index (χ3v) is 4.48. The Labute approximate surface area is 107 Å². The van der Waals surface area contributed by atoms with Crippen LogP contribution in [-0.2, 0) is 10.0 Å². The highest BCUT2D eigenvalue weighted by Crippen LogP contribution is 2.25. The fraction of sp³-hybridized carbons (Fsp3) is 0.400. The third kappa shape index (κ3) is 3.72. The van der Waals surface area contributed by atoms with Crippen LogP contribution in [0.4, 0.5) is 8.78 Å². The highest BCUT2D eigenvalue weighted by atomic mass is 79.9. The lowest BCUT2D eigenvalue weighted by Gasteiger charge is -2.09. The highest BCUT2D eigenvalue weighted by Gasteiger charge is 2.22. The summed E-state index contributed by atoms with van der Waals surface area (Å²) in [7, 11) is -3.95. The van der Waals surface area contributed by atoms with Crippen molar-refractivity contribution < 1.29 is 17.2 Å². The Morgan fingerprint density at radius 2 is 2.00 bits per heavy atom. The lowest BCUT2D eigenvalue weighted by molar-refractivity contribution is 0.539. The zero-order chi connectivity index (χ0) is 13.1. The molecule has 7 heteroatoms. The maximum Gasteiger partial charge on any atom is 0.244 e. The van der Waals surface area contributed by atoms with E-state index in [-0.39, 0.29) is 11.0 Å². The van der Waals surface area contributed by atoms with Gasteiger partial charge in [0.2, 0.25) is 10.0 Å². The molecule has 0 saturated carbocycles. The normalized spacial score (nSPS) is 11.8. The Bertz CT molecular complexity index is 482. The van der Waals surface area contributed by atoms with Crippen molar-refractivity contribution in [2.24, 2.45) is 0 Å². The van der Waals surface area contributed by atoms with Crippen molar-refractivity contribution in [2.75, 3.05) is 6.54 Å². The van der Waals surface area contributed by atoms with Gasteiger partial charge in [-0.2, -0.15) is 0 Å². The van der Waals surface area contributed by atoms with Gasteiger partial charge in [0.05, 0.1) is 0 Å². The molecule has 0 heterocycles. The van der Waals surface area contributed by atoms with Gasteiger partial charge < -0.3 is 0 Å². The standard InChI is InChI=1S/C10H12BrF2NO2S/c1-2-3-4-14-17(15,16)10-8(11)5-7(12)6-9(10)13/h5-6,14H,2-4H2,1H3. The first-order chi connectivity index (χ1) is 7.88. The molecule has 17 heavy (non-hydrogen) atoms. The van der Waals surface area contributed by atoms with Crippen molar-refractivity contribution in [1.29, 1.82) is 0 Å². The fourth-order valence-electron chi connectivity index (χ4n) is 1.24. The lowest BCUT2D eigenvalue weighted by atomic mass is 10.3. The zero-order valence-corrected chi connectivity index (χ0v) is 11.5.